The van der Waals surface area contributed by atoms with Gasteiger partial charge in [0.25, 0.3) is 0 Å². The molecule has 0 spiro atoms. The van der Waals surface area contributed by atoms with E-state index >= 15 is 0 Å². The van der Waals surface area contributed by atoms with E-state index in [1.807, 2.05) is 17.4 Å². The Balaban J connectivity index is 2.43. The van der Waals surface area contributed by atoms with Gasteiger partial charge in [0.15, 0.2) is 0 Å². The zero-order valence-electron chi connectivity index (χ0n) is 11.2. The van der Waals surface area contributed by atoms with Gasteiger partial charge in [-0.25, -0.2) is 0 Å². The average Bonchev–Trinajstić information content (AvgIpc) is 2.67. The van der Waals surface area contributed by atoms with Gasteiger partial charge in [0.1, 0.15) is 0 Å². The van der Waals surface area contributed by atoms with E-state index in [1.54, 1.807) is 0 Å². The molecule has 0 amide bonds. The van der Waals surface area contributed by atoms with Gasteiger partial charge in [-0.2, -0.15) is 0 Å². The van der Waals surface area contributed by atoms with Gasteiger partial charge in [-0.15, -0.1) is 11.3 Å². The Morgan fingerprint density at radius 1 is 1.33 bits per heavy atom. The predicted molar refractivity (Wildman–Crippen MR) is 82.8 cm³/mol. The monoisotopic (exact) mass is 281 g/mol. The predicted octanol–water partition coefficient (Wildman–Crippen LogP) is 5.01. The molecule has 0 radical (unpaired) electrons. The third kappa shape index (κ3) is 2.87. The lowest BCUT2D eigenvalue weighted by atomic mass is 10.1. The maximum absolute atomic E-state index is 6.30. The van der Waals surface area contributed by atoms with Crippen molar-refractivity contribution in [1.29, 1.82) is 0 Å². The highest BCUT2D eigenvalue weighted by atomic mass is 35.5. The molecule has 0 unspecified atom stereocenters. The van der Waals surface area contributed by atoms with Gasteiger partial charge in [-0.05, 0) is 23.4 Å². The van der Waals surface area contributed by atoms with Crippen LogP contribution >= 0.6 is 22.9 Å². The minimum atomic E-state index is 0.514. The van der Waals surface area contributed by atoms with Gasteiger partial charge >= 0.3 is 0 Å². The van der Waals surface area contributed by atoms with Crippen molar-refractivity contribution in [2.75, 3.05) is 0 Å². The summed E-state index contributed by atoms with van der Waals surface area (Å²) in [5, 5.41) is 5.73. The first-order valence-electron chi connectivity index (χ1n) is 6.55. The molecule has 0 bridgehead atoms. The minimum Gasteiger partial charge on any atom is -0.310 e. The van der Waals surface area contributed by atoms with Crippen molar-refractivity contribution >= 4 is 33.0 Å². The van der Waals surface area contributed by atoms with Crippen molar-refractivity contribution in [3.8, 4) is 0 Å². The molecule has 0 saturated heterocycles. The molecule has 0 saturated carbocycles. The summed E-state index contributed by atoms with van der Waals surface area (Å²) in [4.78, 5) is 1.44. The van der Waals surface area contributed by atoms with Crippen molar-refractivity contribution in [1.82, 2.24) is 5.32 Å². The molecule has 1 aromatic heterocycles. The summed E-state index contributed by atoms with van der Waals surface area (Å²) in [7, 11) is 0. The molecule has 0 atom stereocenters. The molecule has 18 heavy (non-hydrogen) atoms. The second-order valence-corrected chi connectivity index (χ2v) is 6.42. The Hall–Kier alpha value is -0.570. The number of aryl methyl sites for hydroxylation is 1. The van der Waals surface area contributed by atoms with E-state index in [1.165, 1.54) is 26.9 Å². The van der Waals surface area contributed by atoms with E-state index in [0.717, 1.165) is 18.0 Å². The molecule has 0 fully saturated rings. The molecule has 2 rings (SSSR count). The van der Waals surface area contributed by atoms with E-state index in [-0.39, 0.29) is 0 Å². The Morgan fingerprint density at radius 3 is 2.78 bits per heavy atom. The van der Waals surface area contributed by atoms with Crippen LogP contribution in [-0.4, -0.2) is 6.04 Å². The molecule has 0 aliphatic heterocycles. The van der Waals surface area contributed by atoms with Crippen molar-refractivity contribution in [3.05, 3.63) is 33.7 Å². The Morgan fingerprint density at radius 2 is 2.11 bits per heavy atom. The van der Waals surface area contributed by atoms with Crippen LogP contribution in [0.4, 0.5) is 0 Å². The summed E-state index contributed by atoms with van der Waals surface area (Å²) < 4.78 is 1.24. The number of nitrogens with one attached hydrogen (secondary N) is 1. The normalized spacial score (nSPS) is 11.6. The lowest BCUT2D eigenvalue weighted by Crippen LogP contribution is -2.21. The van der Waals surface area contributed by atoms with Gasteiger partial charge in [-0.3, -0.25) is 0 Å². The zero-order chi connectivity index (χ0) is 13.1. The van der Waals surface area contributed by atoms with E-state index in [9.17, 15) is 0 Å². The molecule has 1 nitrogen and oxygen atoms in total. The first-order valence-corrected chi connectivity index (χ1v) is 7.75. The number of halogens is 1. The maximum atomic E-state index is 6.30. The third-order valence-corrected chi connectivity index (χ3v) is 4.73. The second kappa shape index (κ2) is 6.05. The van der Waals surface area contributed by atoms with Gasteiger partial charge in [0.2, 0.25) is 0 Å². The molecule has 1 heterocycles. The van der Waals surface area contributed by atoms with Crippen LogP contribution in [0.1, 0.15) is 37.6 Å². The fourth-order valence-electron chi connectivity index (χ4n) is 2.15. The van der Waals surface area contributed by atoms with E-state index in [2.05, 4.69) is 38.2 Å². The van der Waals surface area contributed by atoms with Crippen LogP contribution in [-0.2, 0) is 13.0 Å². The van der Waals surface area contributed by atoms with Crippen LogP contribution in [0.15, 0.2) is 18.2 Å². The van der Waals surface area contributed by atoms with Crippen molar-refractivity contribution in [2.45, 2.75) is 46.2 Å². The summed E-state index contributed by atoms with van der Waals surface area (Å²) in [6.45, 7) is 7.54. The van der Waals surface area contributed by atoms with Gasteiger partial charge in [0.05, 0.1) is 9.72 Å². The molecule has 1 N–H and O–H groups in total. The summed E-state index contributed by atoms with van der Waals surface area (Å²) in [5.74, 6) is 0. The number of rotatable bonds is 5. The number of hydrogen-bond donors (Lipinski definition) is 1. The number of thiophene rings is 1. The molecule has 98 valence electrons. The zero-order valence-corrected chi connectivity index (χ0v) is 12.8. The number of benzene rings is 1. The molecule has 0 aliphatic rings. The molecule has 3 heteroatoms. The second-order valence-electron chi connectivity index (χ2n) is 4.91. The van der Waals surface area contributed by atoms with Crippen molar-refractivity contribution in [2.24, 2.45) is 0 Å². The summed E-state index contributed by atoms with van der Waals surface area (Å²) in [6, 6.07) is 6.74. The lowest BCUT2D eigenvalue weighted by molar-refractivity contribution is 0.591. The first-order chi connectivity index (χ1) is 8.63. The maximum Gasteiger partial charge on any atom is 0.0584 e. The summed E-state index contributed by atoms with van der Waals surface area (Å²) in [6.07, 6.45) is 2.31. The van der Waals surface area contributed by atoms with E-state index in [0.29, 0.717) is 6.04 Å². The summed E-state index contributed by atoms with van der Waals surface area (Å²) in [5.41, 5.74) is 1.48. The minimum absolute atomic E-state index is 0.514. The fraction of sp³-hybridized carbons (Fsp3) is 0.467. The third-order valence-electron chi connectivity index (χ3n) is 3.02. The fourth-order valence-corrected chi connectivity index (χ4v) is 3.64. The highest BCUT2D eigenvalue weighted by Crippen LogP contribution is 2.36. The number of fused-ring (bicyclic) bond motifs is 1. The summed E-state index contributed by atoms with van der Waals surface area (Å²) >= 11 is 8.13. The van der Waals surface area contributed by atoms with Gasteiger partial charge < -0.3 is 5.32 Å². The van der Waals surface area contributed by atoms with Crippen LogP contribution in [0, 0.1) is 0 Å². The standard InChI is InChI=1S/C15H20ClNS/c1-4-6-11-12-7-5-8-13(16)15(12)18-14(11)9-17-10(2)3/h5,7-8,10,17H,4,6,9H2,1-3H3. The molecular formula is C15H20ClNS. The molecular weight excluding hydrogens is 262 g/mol. The van der Waals surface area contributed by atoms with Crippen LogP contribution in [0.25, 0.3) is 10.1 Å². The van der Waals surface area contributed by atoms with E-state index in [4.69, 9.17) is 11.6 Å². The van der Waals surface area contributed by atoms with Gasteiger partial charge in [-0.1, -0.05) is 50.9 Å². The largest absolute Gasteiger partial charge is 0.310 e. The lowest BCUT2D eigenvalue weighted by Gasteiger charge is -2.08. The van der Waals surface area contributed by atoms with Gasteiger partial charge in [0, 0.05) is 17.5 Å². The highest BCUT2D eigenvalue weighted by molar-refractivity contribution is 7.20. The van der Waals surface area contributed by atoms with Crippen molar-refractivity contribution in [3.63, 3.8) is 0 Å². The van der Waals surface area contributed by atoms with E-state index < -0.39 is 0 Å². The SMILES string of the molecule is CCCc1c(CNC(C)C)sc2c(Cl)cccc12. The highest BCUT2D eigenvalue weighted by Gasteiger charge is 2.13. The smallest absolute Gasteiger partial charge is 0.0584 e. The first kappa shape index (κ1) is 13.9. The van der Waals surface area contributed by atoms with Crippen LogP contribution in [0.5, 0.6) is 0 Å². The molecule has 0 aliphatic carbocycles. The van der Waals surface area contributed by atoms with Crippen LogP contribution in [0.3, 0.4) is 0 Å². The van der Waals surface area contributed by atoms with Crippen LogP contribution < -0.4 is 5.32 Å². The quantitative estimate of drug-likeness (QED) is 0.813. The van der Waals surface area contributed by atoms with Crippen molar-refractivity contribution < 1.29 is 0 Å². The topological polar surface area (TPSA) is 12.0 Å². The average molecular weight is 282 g/mol. The number of hydrogen-bond acceptors (Lipinski definition) is 2. The Kier molecular flexibility index (Phi) is 4.66. The van der Waals surface area contributed by atoms with Crippen LogP contribution in [0.2, 0.25) is 5.02 Å². The molecule has 2 aromatic rings. The molecule has 1 aromatic carbocycles. The Labute approximate surface area is 118 Å². The Bertz CT molecular complexity index is 531.